The third kappa shape index (κ3) is 5.46. The summed E-state index contributed by atoms with van der Waals surface area (Å²) >= 11 is 3.25. The van der Waals surface area contributed by atoms with Crippen LogP contribution in [0.1, 0.15) is 26.3 Å². The molecule has 0 radical (unpaired) electrons. The summed E-state index contributed by atoms with van der Waals surface area (Å²) < 4.78 is 19.2. The van der Waals surface area contributed by atoms with E-state index in [1.165, 1.54) is 6.07 Å². The third-order valence-electron chi connectivity index (χ3n) is 1.88. The van der Waals surface area contributed by atoms with Crippen LogP contribution in [0.5, 0.6) is 0 Å². The van der Waals surface area contributed by atoms with Crippen LogP contribution in [0.25, 0.3) is 0 Å². The minimum absolute atomic E-state index is 0.171. The van der Waals surface area contributed by atoms with Gasteiger partial charge in [-0.1, -0.05) is 15.9 Å². The number of hydrazine groups is 1. The molecule has 0 aliphatic carbocycles. The summed E-state index contributed by atoms with van der Waals surface area (Å²) in [5.41, 5.74) is 4.83. The molecule has 0 unspecified atom stereocenters. The largest absolute Gasteiger partial charge is 0.443 e. The molecule has 2 N–H and O–H groups in total. The number of carbonyl (C=O) groups excluding carboxylic acids is 1. The van der Waals surface area contributed by atoms with Crippen molar-refractivity contribution in [1.82, 2.24) is 10.9 Å². The highest BCUT2D eigenvalue weighted by molar-refractivity contribution is 9.10. The van der Waals surface area contributed by atoms with Crippen LogP contribution >= 0.6 is 15.9 Å². The van der Waals surface area contributed by atoms with Gasteiger partial charge in [0.15, 0.2) is 0 Å². The van der Waals surface area contributed by atoms with Gasteiger partial charge < -0.3 is 4.74 Å². The normalized spacial score (nSPS) is 11.2. The zero-order chi connectivity index (χ0) is 13.8. The number of hydrogen-bond donors (Lipinski definition) is 2. The number of rotatable bonds is 3. The maximum atomic E-state index is 13.4. The van der Waals surface area contributed by atoms with Crippen LogP contribution in [0.2, 0.25) is 0 Å². The minimum atomic E-state index is -0.599. The lowest BCUT2D eigenvalue weighted by Crippen LogP contribution is -2.40. The van der Waals surface area contributed by atoms with Gasteiger partial charge in [-0.3, -0.25) is 5.43 Å². The quantitative estimate of drug-likeness (QED) is 0.842. The summed E-state index contributed by atoms with van der Waals surface area (Å²) in [6.45, 7) is 5.46. The first kappa shape index (κ1) is 14.9. The van der Waals surface area contributed by atoms with E-state index >= 15 is 0 Å². The van der Waals surface area contributed by atoms with Gasteiger partial charge in [0.25, 0.3) is 0 Å². The molecule has 1 rings (SSSR count). The first-order valence-electron chi connectivity index (χ1n) is 5.44. The highest BCUT2D eigenvalue weighted by Gasteiger charge is 2.15. The number of nitrogens with one attached hydrogen (secondary N) is 2. The zero-order valence-electron chi connectivity index (χ0n) is 10.5. The van der Waals surface area contributed by atoms with Crippen molar-refractivity contribution in [3.63, 3.8) is 0 Å². The lowest BCUT2D eigenvalue weighted by atomic mass is 10.2. The monoisotopic (exact) mass is 318 g/mol. The fourth-order valence-corrected chi connectivity index (χ4v) is 1.60. The van der Waals surface area contributed by atoms with Crippen LogP contribution in [0.4, 0.5) is 9.18 Å². The molecule has 0 atom stereocenters. The first-order valence-corrected chi connectivity index (χ1v) is 6.23. The molecule has 0 bridgehead atoms. The first-order chi connectivity index (χ1) is 8.28. The summed E-state index contributed by atoms with van der Waals surface area (Å²) in [5, 5.41) is 0. The van der Waals surface area contributed by atoms with E-state index in [2.05, 4.69) is 26.8 Å². The average Bonchev–Trinajstić information content (AvgIpc) is 2.20. The number of benzene rings is 1. The van der Waals surface area contributed by atoms with Gasteiger partial charge in [-0.05, 0) is 39.0 Å². The van der Waals surface area contributed by atoms with Crippen LogP contribution < -0.4 is 10.9 Å². The number of halogens is 2. The summed E-state index contributed by atoms with van der Waals surface area (Å²) in [6, 6.07) is 4.60. The molecule has 0 saturated heterocycles. The Balaban J connectivity index is 2.42. The van der Waals surface area contributed by atoms with Crippen molar-refractivity contribution in [2.24, 2.45) is 0 Å². The second-order valence-corrected chi connectivity index (χ2v) is 5.63. The summed E-state index contributed by atoms with van der Waals surface area (Å²) in [6.07, 6.45) is -0.599. The van der Waals surface area contributed by atoms with Crippen LogP contribution in [0, 0.1) is 5.82 Å². The van der Waals surface area contributed by atoms with Gasteiger partial charge in [-0.2, -0.15) is 0 Å². The smallest absolute Gasteiger partial charge is 0.422 e. The van der Waals surface area contributed by atoms with Crippen molar-refractivity contribution in [1.29, 1.82) is 0 Å². The molecule has 100 valence electrons. The van der Waals surface area contributed by atoms with Crippen molar-refractivity contribution in [3.05, 3.63) is 34.1 Å². The predicted molar refractivity (Wildman–Crippen MR) is 70.3 cm³/mol. The molecule has 0 fully saturated rings. The maximum Gasteiger partial charge on any atom is 0.422 e. The van der Waals surface area contributed by atoms with E-state index in [-0.39, 0.29) is 12.4 Å². The van der Waals surface area contributed by atoms with Crippen molar-refractivity contribution < 1.29 is 13.9 Å². The minimum Gasteiger partial charge on any atom is -0.443 e. The Hall–Kier alpha value is -1.14. The maximum absolute atomic E-state index is 13.4. The van der Waals surface area contributed by atoms with E-state index in [1.807, 2.05) is 0 Å². The SMILES string of the molecule is CC(C)(C)OC(=O)NNCc1cc(Br)ccc1F. The second kappa shape index (κ2) is 6.15. The number of ether oxygens (including phenoxy) is 1. The van der Waals surface area contributed by atoms with Gasteiger partial charge in [0.1, 0.15) is 11.4 Å². The lowest BCUT2D eigenvalue weighted by molar-refractivity contribution is 0.0496. The Labute approximate surface area is 114 Å². The third-order valence-corrected chi connectivity index (χ3v) is 2.37. The Morgan fingerprint density at radius 1 is 1.44 bits per heavy atom. The van der Waals surface area contributed by atoms with Gasteiger partial charge in [0, 0.05) is 16.6 Å². The molecule has 0 aliphatic rings. The van der Waals surface area contributed by atoms with Crippen LogP contribution in [0.3, 0.4) is 0 Å². The van der Waals surface area contributed by atoms with Gasteiger partial charge in [0.05, 0.1) is 0 Å². The zero-order valence-corrected chi connectivity index (χ0v) is 12.1. The van der Waals surface area contributed by atoms with E-state index < -0.39 is 11.7 Å². The predicted octanol–water partition coefficient (Wildman–Crippen LogP) is 3.12. The summed E-state index contributed by atoms with van der Waals surface area (Å²) in [7, 11) is 0. The van der Waals surface area contributed by atoms with Gasteiger partial charge in [-0.25, -0.2) is 14.6 Å². The molecule has 4 nitrogen and oxygen atoms in total. The standard InChI is InChI=1S/C12H16BrFN2O2/c1-12(2,3)18-11(17)16-15-7-8-6-9(13)4-5-10(8)14/h4-6,15H,7H2,1-3H3,(H,16,17). The van der Waals surface area contributed by atoms with Crippen molar-refractivity contribution >= 4 is 22.0 Å². The second-order valence-electron chi connectivity index (χ2n) is 4.72. The topological polar surface area (TPSA) is 50.4 Å². The molecule has 0 saturated carbocycles. The highest BCUT2D eigenvalue weighted by atomic mass is 79.9. The molecular weight excluding hydrogens is 303 g/mol. The Bertz CT molecular complexity index is 433. The molecule has 0 heterocycles. The Kier molecular flexibility index (Phi) is 5.10. The van der Waals surface area contributed by atoms with E-state index in [1.54, 1.807) is 32.9 Å². The number of hydrogen-bond acceptors (Lipinski definition) is 3. The van der Waals surface area contributed by atoms with Gasteiger partial charge in [-0.15, -0.1) is 0 Å². The molecule has 0 spiro atoms. The summed E-state index contributed by atoms with van der Waals surface area (Å²) in [4.78, 5) is 11.3. The van der Waals surface area contributed by atoms with Gasteiger partial charge in [0.2, 0.25) is 0 Å². The van der Waals surface area contributed by atoms with E-state index in [0.717, 1.165) is 4.47 Å². The fraction of sp³-hybridized carbons (Fsp3) is 0.417. The van der Waals surface area contributed by atoms with E-state index in [9.17, 15) is 9.18 Å². The van der Waals surface area contributed by atoms with Crippen molar-refractivity contribution in [2.75, 3.05) is 0 Å². The highest BCUT2D eigenvalue weighted by Crippen LogP contribution is 2.15. The summed E-state index contributed by atoms with van der Waals surface area (Å²) in [5.74, 6) is -0.336. The molecule has 18 heavy (non-hydrogen) atoms. The molecule has 0 aromatic heterocycles. The average molecular weight is 319 g/mol. The van der Waals surface area contributed by atoms with Crippen LogP contribution in [-0.2, 0) is 11.3 Å². The molecule has 0 aliphatic heterocycles. The van der Waals surface area contributed by atoms with Crippen molar-refractivity contribution in [2.45, 2.75) is 32.9 Å². The number of amides is 1. The molecule has 1 aromatic rings. The lowest BCUT2D eigenvalue weighted by Gasteiger charge is -2.19. The Morgan fingerprint density at radius 3 is 2.72 bits per heavy atom. The number of carbonyl (C=O) groups is 1. The molecule has 1 aromatic carbocycles. The molecule has 1 amide bonds. The van der Waals surface area contributed by atoms with E-state index in [0.29, 0.717) is 5.56 Å². The van der Waals surface area contributed by atoms with Crippen LogP contribution in [0.15, 0.2) is 22.7 Å². The molecular formula is C12H16BrFN2O2. The fourth-order valence-electron chi connectivity index (χ4n) is 1.19. The van der Waals surface area contributed by atoms with E-state index in [4.69, 9.17) is 4.74 Å². The molecule has 6 heteroatoms. The van der Waals surface area contributed by atoms with Crippen molar-refractivity contribution in [3.8, 4) is 0 Å². The Morgan fingerprint density at radius 2 is 2.11 bits per heavy atom. The van der Waals surface area contributed by atoms with Gasteiger partial charge >= 0.3 is 6.09 Å². The van der Waals surface area contributed by atoms with Crippen LogP contribution in [-0.4, -0.2) is 11.7 Å².